The maximum atomic E-state index is 10.2. The Balaban J connectivity index is 1.74. The number of hydrogen-bond acceptors (Lipinski definition) is 2. The van der Waals surface area contributed by atoms with Gasteiger partial charge in [0, 0.05) is 5.56 Å². The molecule has 0 unspecified atom stereocenters. The maximum Gasteiger partial charge on any atom is 0.122 e. The Kier molecular flexibility index (Phi) is 7.27. The summed E-state index contributed by atoms with van der Waals surface area (Å²) < 4.78 is 0. The molecule has 0 amide bonds. The molecule has 0 aliphatic rings. The lowest BCUT2D eigenvalue weighted by atomic mass is 9.98. The molecule has 28 heavy (non-hydrogen) atoms. The van der Waals surface area contributed by atoms with E-state index in [1.807, 2.05) is 36.4 Å². The van der Waals surface area contributed by atoms with Crippen molar-refractivity contribution in [3.8, 4) is 16.9 Å². The third kappa shape index (κ3) is 5.24. The van der Waals surface area contributed by atoms with Crippen molar-refractivity contribution < 1.29 is 10.2 Å². The molecule has 2 N–H and O–H groups in total. The van der Waals surface area contributed by atoms with Gasteiger partial charge in [-0.1, -0.05) is 75.1 Å². The number of unbranched alkanes of at least 4 members (excludes halogenated alkanes) is 5. The van der Waals surface area contributed by atoms with E-state index in [1.165, 1.54) is 32.1 Å². The smallest absolute Gasteiger partial charge is 0.122 e. The summed E-state index contributed by atoms with van der Waals surface area (Å²) in [7, 11) is 0. The maximum absolute atomic E-state index is 10.2. The predicted molar refractivity (Wildman–Crippen MR) is 119 cm³/mol. The SMILES string of the molecule is CCCCCCCC=Cc1cc(-c2ccc3cc(CO)ccc3c2)ccc1O. The summed E-state index contributed by atoms with van der Waals surface area (Å²) in [5, 5.41) is 21.8. The third-order valence-electron chi connectivity index (χ3n) is 5.22. The van der Waals surface area contributed by atoms with Crippen molar-refractivity contribution in [1.29, 1.82) is 0 Å². The Labute approximate surface area is 168 Å². The van der Waals surface area contributed by atoms with Crippen LogP contribution in [-0.2, 0) is 6.61 Å². The quantitative estimate of drug-likeness (QED) is 0.393. The third-order valence-corrected chi connectivity index (χ3v) is 5.22. The number of aromatic hydroxyl groups is 1. The zero-order chi connectivity index (χ0) is 19.8. The van der Waals surface area contributed by atoms with Crippen molar-refractivity contribution in [3.05, 3.63) is 71.8 Å². The van der Waals surface area contributed by atoms with Crippen LogP contribution in [0, 0.1) is 0 Å². The summed E-state index contributed by atoms with van der Waals surface area (Å²) in [6.07, 6.45) is 11.6. The van der Waals surface area contributed by atoms with Gasteiger partial charge in [0.25, 0.3) is 0 Å². The number of hydrogen-bond donors (Lipinski definition) is 2. The van der Waals surface area contributed by atoms with Gasteiger partial charge in [0.05, 0.1) is 6.61 Å². The lowest BCUT2D eigenvalue weighted by Gasteiger charge is -2.08. The number of fused-ring (bicyclic) bond motifs is 1. The highest BCUT2D eigenvalue weighted by Crippen LogP contribution is 2.29. The van der Waals surface area contributed by atoms with Crippen LogP contribution in [0.25, 0.3) is 28.0 Å². The number of phenols is 1. The van der Waals surface area contributed by atoms with Crippen LogP contribution in [0.1, 0.15) is 56.6 Å². The van der Waals surface area contributed by atoms with E-state index in [2.05, 4.69) is 31.2 Å². The van der Waals surface area contributed by atoms with Crippen LogP contribution < -0.4 is 0 Å². The largest absolute Gasteiger partial charge is 0.507 e. The first-order valence-electron chi connectivity index (χ1n) is 10.3. The van der Waals surface area contributed by atoms with Crippen LogP contribution in [0.3, 0.4) is 0 Å². The molecule has 0 aliphatic carbocycles. The fourth-order valence-electron chi connectivity index (χ4n) is 3.52. The van der Waals surface area contributed by atoms with Gasteiger partial charge < -0.3 is 10.2 Å². The zero-order valence-electron chi connectivity index (χ0n) is 16.7. The number of aliphatic hydroxyl groups is 1. The summed E-state index contributed by atoms with van der Waals surface area (Å²) in [5.41, 5.74) is 4.00. The molecule has 146 valence electrons. The normalized spacial score (nSPS) is 11.5. The minimum atomic E-state index is 0.0595. The Hall–Kier alpha value is -2.58. The van der Waals surface area contributed by atoms with Crippen molar-refractivity contribution in [3.63, 3.8) is 0 Å². The summed E-state index contributed by atoms with van der Waals surface area (Å²) in [6, 6.07) is 18.1. The van der Waals surface area contributed by atoms with E-state index in [0.717, 1.165) is 39.4 Å². The van der Waals surface area contributed by atoms with Crippen molar-refractivity contribution in [2.24, 2.45) is 0 Å². The number of benzene rings is 3. The van der Waals surface area contributed by atoms with Crippen molar-refractivity contribution in [2.75, 3.05) is 0 Å². The van der Waals surface area contributed by atoms with E-state index in [-0.39, 0.29) is 6.61 Å². The molecule has 0 radical (unpaired) electrons. The molecular formula is C26H30O2. The van der Waals surface area contributed by atoms with Gasteiger partial charge in [0.1, 0.15) is 5.75 Å². The fourth-order valence-corrected chi connectivity index (χ4v) is 3.52. The van der Waals surface area contributed by atoms with Crippen molar-refractivity contribution >= 4 is 16.8 Å². The fraction of sp³-hybridized carbons (Fsp3) is 0.308. The Morgan fingerprint density at radius 2 is 1.50 bits per heavy atom. The molecule has 0 saturated carbocycles. The first-order chi connectivity index (χ1) is 13.7. The second kappa shape index (κ2) is 10.1. The zero-order valence-corrected chi connectivity index (χ0v) is 16.7. The van der Waals surface area contributed by atoms with Gasteiger partial charge in [-0.15, -0.1) is 0 Å². The lowest BCUT2D eigenvalue weighted by Crippen LogP contribution is -1.85. The average Bonchev–Trinajstić information content (AvgIpc) is 2.73. The predicted octanol–water partition coefficient (Wildman–Crippen LogP) is 7.08. The molecule has 0 atom stereocenters. The summed E-state index contributed by atoms with van der Waals surface area (Å²) in [5.74, 6) is 0.319. The highest BCUT2D eigenvalue weighted by atomic mass is 16.3. The van der Waals surface area contributed by atoms with E-state index >= 15 is 0 Å². The molecule has 0 aliphatic heterocycles. The van der Waals surface area contributed by atoms with Gasteiger partial charge in [0.2, 0.25) is 0 Å². The number of phenolic OH excluding ortho intramolecular Hbond substituents is 1. The van der Waals surface area contributed by atoms with Crippen LogP contribution >= 0.6 is 0 Å². The second-order valence-electron chi connectivity index (χ2n) is 7.43. The van der Waals surface area contributed by atoms with Gasteiger partial charge in [-0.05, 0) is 64.6 Å². The van der Waals surface area contributed by atoms with E-state index in [1.54, 1.807) is 6.07 Å². The van der Waals surface area contributed by atoms with E-state index in [0.29, 0.717) is 5.75 Å². The molecule has 3 aromatic rings. The van der Waals surface area contributed by atoms with Gasteiger partial charge in [-0.3, -0.25) is 0 Å². The molecule has 3 aromatic carbocycles. The first-order valence-corrected chi connectivity index (χ1v) is 10.3. The highest BCUT2D eigenvalue weighted by Gasteiger charge is 2.04. The van der Waals surface area contributed by atoms with Crippen LogP contribution in [0.5, 0.6) is 5.75 Å². The topological polar surface area (TPSA) is 40.5 Å². The monoisotopic (exact) mass is 374 g/mol. The molecular weight excluding hydrogens is 344 g/mol. The van der Waals surface area contributed by atoms with Crippen LogP contribution in [0.15, 0.2) is 60.7 Å². The minimum absolute atomic E-state index is 0.0595. The molecule has 0 spiro atoms. The molecule has 0 bridgehead atoms. The first kappa shape index (κ1) is 20.2. The molecule has 2 nitrogen and oxygen atoms in total. The van der Waals surface area contributed by atoms with E-state index in [4.69, 9.17) is 0 Å². The molecule has 2 heteroatoms. The summed E-state index contributed by atoms with van der Waals surface area (Å²) >= 11 is 0. The molecule has 0 saturated heterocycles. The lowest BCUT2D eigenvalue weighted by molar-refractivity contribution is 0.282. The number of allylic oxidation sites excluding steroid dienone is 1. The van der Waals surface area contributed by atoms with Gasteiger partial charge in [-0.2, -0.15) is 0 Å². The van der Waals surface area contributed by atoms with Crippen LogP contribution in [0.2, 0.25) is 0 Å². The van der Waals surface area contributed by atoms with E-state index in [9.17, 15) is 10.2 Å². The molecule has 3 rings (SSSR count). The van der Waals surface area contributed by atoms with Gasteiger partial charge in [0.15, 0.2) is 0 Å². The van der Waals surface area contributed by atoms with Crippen molar-refractivity contribution in [2.45, 2.75) is 52.1 Å². The summed E-state index contributed by atoms with van der Waals surface area (Å²) in [6.45, 7) is 2.29. The molecule has 0 heterocycles. The Morgan fingerprint density at radius 3 is 2.32 bits per heavy atom. The number of rotatable bonds is 9. The Bertz CT molecular complexity index is 940. The van der Waals surface area contributed by atoms with Gasteiger partial charge >= 0.3 is 0 Å². The molecule has 0 fully saturated rings. The standard InChI is InChI=1S/C26H30O2/c1-2-3-4-5-6-7-8-9-25-18-24(14-15-26(25)28)23-13-12-21-16-20(19-27)10-11-22(21)17-23/h8-18,27-28H,2-7,19H2,1H3. The van der Waals surface area contributed by atoms with Crippen LogP contribution in [-0.4, -0.2) is 10.2 Å². The Morgan fingerprint density at radius 1 is 0.786 bits per heavy atom. The van der Waals surface area contributed by atoms with Crippen LogP contribution in [0.4, 0.5) is 0 Å². The van der Waals surface area contributed by atoms with E-state index < -0.39 is 0 Å². The minimum Gasteiger partial charge on any atom is -0.507 e. The molecule has 0 aromatic heterocycles. The average molecular weight is 375 g/mol. The second-order valence-corrected chi connectivity index (χ2v) is 7.43. The van der Waals surface area contributed by atoms with Crippen molar-refractivity contribution in [1.82, 2.24) is 0 Å². The highest BCUT2D eigenvalue weighted by molar-refractivity contribution is 5.88. The summed E-state index contributed by atoms with van der Waals surface area (Å²) in [4.78, 5) is 0. The van der Waals surface area contributed by atoms with Gasteiger partial charge in [-0.25, -0.2) is 0 Å². The number of aliphatic hydroxyl groups excluding tert-OH is 1.